The molecule has 1 aliphatic rings. The zero-order valence-corrected chi connectivity index (χ0v) is 15.9. The Hall–Kier alpha value is -2.63. The largest absolute Gasteiger partial charge is 0.386 e. The van der Waals surface area contributed by atoms with Crippen molar-refractivity contribution in [1.82, 2.24) is 15.2 Å². The Morgan fingerprint density at radius 2 is 2.22 bits per heavy atom. The number of aliphatic hydroxyl groups is 1. The molecule has 1 aromatic heterocycles. The third kappa shape index (κ3) is 4.04. The number of hydrogen-bond acceptors (Lipinski definition) is 6. The molecule has 2 amide bonds. The van der Waals surface area contributed by atoms with Crippen molar-refractivity contribution in [1.29, 1.82) is 5.26 Å². The molecular weight excluding hydrogens is 364 g/mol. The van der Waals surface area contributed by atoms with Crippen molar-refractivity contribution in [2.75, 3.05) is 18.2 Å². The summed E-state index contributed by atoms with van der Waals surface area (Å²) in [5.41, 5.74) is 0.626. The van der Waals surface area contributed by atoms with E-state index in [2.05, 4.69) is 16.4 Å². The zero-order chi connectivity index (χ0) is 19.6. The molecule has 1 fully saturated rings. The first-order valence-electron chi connectivity index (χ1n) is 8.48. The Morgan fingerprint density at radius 1 is 1.44 bits per heavy atom. The summed E-state index contributed by atoms with van der Waals surface area (Å²) in [7, 11) is 0. The van der Waals surface area contributed by atoms with Crippen LogP contribution in [0.15, 0.2) is 30.5 Å². The van der Waals surface area contributed by atoms with Crippen LogP contribution in [0, 0.1) is 11.3 Å². The molecular formula is C19H20N4O3S. The first-order chi connectivity index (χ1) is 12.8. The van der Waals surface area contributed by atoms with E-state index < -0.39 is 17.6 Å². The summed E-state index contributed by atoms with van der Waals surface area (Å²) >= 11 is 1.52. The van der Waals surface area contributed by atoms with Crippen molar-refractivity contribution in [3.8, 4) is 6.07 Å². The van der Waals surface area contributed by atoms with Gasteiger partial charge in [0.1, 0.15) is 6.04 Å². The number of pyridine rings is 1. The van der Waals surface area contributed by atoms with Gasteiger partial charge in [-0.05, 0) is 37.6 Å². The van der Waals surface area contributed by atoms with Crippen LogP contribution in [0.25, 0.3) is 10.9 Å². The predicted molar refractivity (Wildman–Crippen MR) is 103 cm³/mol. The van der Waals surface area contributed by atoms with E-state index in [-0.39, 0.29) is 12.5 Å². The lowest BCUT2D eigenvalue weighted by atomic mass is 9.95. The number of benzene rings is 1. The summed E-state index contributed by atoms with van der Waals surface area (Å²) in [4.78, 5) is 30.7. The Bertz CT molecular complexity index is 933. The molecule has 0 saturated carbocycles. The number of nitrogens with one attached hydrogen (secondary N) is 1. The number of rotatable bonds is 4. The minimum absolute atomic E-state index is 0.174. The van der Waals surface area contributed by atoms with Crippen LogP contribution in [0.4, 0.5) is 0 Å². The number of thioether (sulfide) groups is 1. The molecule has 0 aliphatic carbocycles. The van der Waals surface area contributed by atoms with Gasteiger partial charge >= 0.3 is 0 Å². The number of fused-ring (bicyclic) bond motifs is 1. The van der Waals surface area contributed by atoms with E-state index in [1.54, 1.807) is 38.1 Å². The monoisotopic (exact) mass is 384 g/mol. The molecule has 1 unspecified atom stereocenters. The lowest BCUT2D eigenvalue weighted by Gasteiger charge is -2.19. The van der Waals surface area contributed by atoms with Crippen LogP contribution < -0.4 is 5.32 Å². The lowest BCUT2D eigenvalue weighted by molar-refractivity contribution is -0.129. The van der Waals surface area contributed by atoms with Crippen molar-refractivity contribution in [3.63, 3.8) is 0 Å². The Labute approximate surface area is 161 Å². The highest BCUT2D eigenvalue weighted by molar-refractivity contribution is 7.99. The second-order valence-corrected chi connectivity index (χ2v) is 7.84. The van der Waals surface area contributed by atoms with Crippen molar-refractivity contribution in [2.45, 2.75) is 25.5 Å². The molecule has 0 bridgehead atoms. The maximum absolute atomic E-state index is 12.6. The Kier molecular flexibility index (Phi) is 5.35. The third-order valence-electron chi connectivity index (χ3n) is 4.44. The zero-order valence-electron chi connectivity index (χ0n) is 15.1. The maximum Gasteiger partial charge on any atom is 0.252 e. The molecule has 3 rings (SSSR count). The van der Waals surface area contributed by atoms with Gasteiger partial charge in [0.25, 0.3) is 5.91 Å². The van der Waals surface area contributed by atoms with Gasteiger partial charge in [0.2, 0.25) is 5.91 Å². The van der Waals surface area contributed by atoms with Crippen LogP contribution in [0.2, 0.25) is 0 Å². The van der Waals surface area contributed by atoms with Crippen LogP contribution in [0.5, 0.6) is 0 Å². The van der Waals surface area contributed by atoms with Crippen molar-refractivity contribution < 1.29 is 14.7 Å². The summed E-state index contributed by atoms with van der Waals surface area (Å²) in [6.45, 7) is 3.16. The molecule has 1 aliphatic heterocycles. The highest BCUT2D eigenvalue weighted by atomic mass is 32.2. The molecule has 0 spiro atoms. The van der Waals surface area contributed by atoms with E-state index in [4.69, 9.17) is 5.26 Å². The highest BCUT2D eigenvalue weighted by Crippen LogP contribution is 2.25. The van der Waals surface area contributed by atoms with E-state index in [9.17, 15) is 14.7 Å². The average molecular weight is 384 g/mol. The van der Waals surface area contributed by atoms with Crippen LogP contribution in [-0.2, 0) is 10.4 Å². The normalized spacial score (nSPS) is 17.0. The second-order valence-electron chi connectivity index (χ2n) is 6.84. The van der Waals surface area contributed by atoms with Gasteiger partial charge in [-0.2, -0.15) is 5.26 Å². The van der Waals surface area contributed by atoms with E-state index >= 15 is 0 Å². The fourth-order valence-electron chi connectivity index (χ4n) is 2.87. The van der Waals surface area contributed by atoms with E-state index in [1.807, 2.05) is 0 Å². The van der Waals surface area contributed by atoms with Crippen molar-refractivity contribution in [2.24, 2.45) is 0 Å². The number of carbonyl (C=O) groups excluding carboxylic acids is 2. The second kappa shape index (κ2) is 7.55. The number of carbonyl (C=O) groups is 2. The van der Waals surface area contributed by atoms with E-state index in [1.165, 1.54) is 22.9 Å². The van der Waals surface area contributed by atoms with Gasteiger partial charge in [-0.15, -0.1) is 11.8 Å². The van der Waals surface area contributed by atoms with Gasteiger partial charge in [0.15, 0.2) is 0 Å². The Balaban J connectivity index is 1.79. The van der Waals surface area contributed by atoms with Crippen LogP contribution in [0.3, 0.4) is 0 Å². The number of nitrogens with zero attached hydrogens (tertiary/aromatic N) is 3. The lowest BCUT2D eigenvalue weighted by Crippen LogP contribution is -2.42. The van der Waals surface area contributed by atoms with Crippen molar-refractivity contribution >= 4 is 34.5 Å². The third-order valence-corrected chi connectivity index (χ3v) is 5.46. The summed E-state index contributed by atoms with van der Waals surface area (Å²) in [6.07, 6.45) is 1.53. The molecule has 1 atom stereocenters. The molecule has 2 N–H and O–H groups in total. The molecule has 2 aromatic rings. The van der Waals surface area contributed by atoms with Crippen LogP contribution in [0.1, 0.15) is 29.8 Å². The molecule has 27 heavy (non-hydrogen) atoms. The molecule has 8 heteroatoms. The minimum atomic E-state index is -1.05. The van der Waals surface area contributed by atoms with E-state index in [0.29, 0.717) is 33.7 Å². The molecule has 7 nitrogen and oxygen atoms in total. The topological polar surface area (TPSA) is 106 Å². The summed E-state index contributed by atoms with van der Waals surface area (Å²) in [5.74, 6) is 0.366. The number of aromatic nitrogens is 1. The van der Waals surface area contributed by atoms with Crippen LogP contribution in [-0.4, -0.2) is 51.0 Å². The summed E-state index contributed by atoms with van der Waals surface area (Å²) in [6, 6.07) is 8.50. The number of nitriles is 1. The van der Waals surface area contributed by atoms with Crippen LogP contribution >= 0.6 is 11.8 Å². The van der Waals surface area contributed by atoms with Crippen molar-refractivity contribution in [3.05, 3.63) is 41.6 Å². The SMILES string of the molecule is CC(C)(O)c1ccc2nccc(C(=O)NCC(=O)N3CSCC3C#N)c2c1. The fraction of sp³-hybridized carbons (Fsp3) is 0.368. The standard InChI is InChI=1S/C19H20N4O3S/c1-19(2,26)12-3-4-16-15(7-12)14(5-6-21-16)18(25)22-9-17(24)23-11-27-10-13(23)8-20/h3-7,13,26H,9-11H2,1-2H3,(H,22,25). The molecule has 140 valence electrons. The average Bonchev–Trinajstić information content (AvgIpc) is 3.13. The quantitative estimate of drug-likeness (QED) is 0.830. The van der Waals surface area contributed by atoms with E-state index in [0.717, 1.165) is 0 Å². The minimum Gasteiger partial charge on any atom is -0.386 e. The molecule has 1 saturated heterocycles. The Morgan fingerprint density at radius 3 is 2.93 bits per heavy atom. The molecule has 0 radical (unpaired) electrons. The van der Waals surface area contributed by atoms with Gasteiger partial charge in [0, 0.05) is 17.3 Å². The molecule has 1 aromatic carbocycles. The number of hydrogen-bond donors (Lipinski definition) is 2. The summed E-state index contributed by atoms with van der Waals surface area (Å²) < 4.78 is 0. The van der Waals surface area contributed by atoms with Gasteiger partial charge < -0.3 is 15.3 Å². The van der Waals surface area contributed by atoms with Gasteiger partial charge in [-0.3, -0.25) is 14.6 Å². The molecule has 2 heterocycles. The summed E-state index contributed by atoms with van der Waals surface area (Å²) in [5, 5.41) is 22.5. The first kappa shape index (κ1) is 19.1. The first-order valence-corrected chi connectivity index (χ1v) is 9.63. The number of amides is 2. The highest BCUT2D eigenvalue weighted by Gasteiger charge is 2.29. The fourth-order valence-corrected chi connectivity index (χ4v) is 3.98. The van der Waals surface area contributed by atoms with Gasteiger partial charge in [0.05, 0.1) is 35.2 Å². The maximum atomic E-state index is 12.6. The predicted octanol–water partition coefficient (Wildman–Crippen LogP) is 1.62. The van der Waals surface area contributed by atoms with Gasteiger partial charge in [-0.25, -0.2) is 0 Å². The smallest absolute Gasteiger partial charge is 0.252 e. The van der Waals surface area contributed by atoms with Gasteiger partial charge in [-0.1, -0.05) is 6.07 Å².